The highest BCUT2D eigenvalue weighted by atomic mass is 14.7. The summed E-state index contributed by atoms with van der Waals surface area (Å²) in [5.74, 6) is 0. The molecule has 0 fully saturated rings. The number of hydrogen-bond acceptors (Lipinski definition) is 0. The number of rotatable bonds is 1. The van der Waals surface area contributed by atoms with Gasteiger partial charge in [0.05, 0.1) is 0 Å². The first-order valence-corrected chi connectivity index (χ1v) is 4.48. The molecule has 1 heterocycles. The fourth-order valence-corrected chi connectivity index (χ4v) is 1.49. The van der Waals surface area contributed by atoms with Crippen molar-refractivity contribution in [1.82, 2.24) is 4.98 Å². The van der Waals surface area contributed by atoms with Crippen molar-refractivity contribution in [3.63, 3.8) is 0 Å². The van der Waals surface area contributed by atoms with E-state index in [4.69, 9.17) is 0 Å². The van der Waals surface area contributed by atoms with Crippen LogP contribution in [0.1, 0.15) is 11.3 Å². The summed E-state index contributed by atoms with van der Waals surface area (Å²) in [6.07, 6.45) is 0. The number of aromatic amines is 1. The summed E-state index contributed by atoms with van der Waals surface area (Å²) < 4.78 is 0. The standard InChI is InChI=1S/C12H13N/c1-9-4-3-5-11(8-9)12-7-6-10(2)13-12/h3-8,13H,1-2H3. The third kappa shape index (κ3) is 1.64. The minimum absolute atomic E-state index is 1.20. The summed E-state index contributed by atoms with van der Waals surface area (Å²) in [5, 5.41) is 0. The Balaban J connectivity index is 2.46. The van der Waals surface area contributed by atoms with Crippen molar-refractivity contribution < 1.29 is 0 Å². The second kappa shape index (κ2) is 3.09. The van der Waals surface area contributed by atoms with Crippen LogP contribution in [0.5, 0.6) is 0 Å². The van der Waals surface area contributed by atoms with Crippen molar-refractivity contribution in [2.45, 2.75) is 13.8 Å². The number of nitrogens with one attached hydrogen (secondary N) is 1. The second-order valence-electron chi connectivity index (χ2n) is 3.42. The molecule has 0 bridgehead atoms. The highest BCUT2D eigenvalue weighted by molar-refractivity contribution is 5.60. The largest absolute Gasteiger partial charge is 0.359 e. The highest BCUT2D eigenvalue weighted by Gasteiger charge is 1.98. The Morgan fingerprint density at radius 1 is 1.00 bits per heavy atom. The molecule has 2 rings (SSSR count). The lowest BCUT2D eigenvalue weighted by Crippen LogP contribution is -1.79. The van der Waals surface area contributed by atoms with Gasteiger partial charge in [0.2, 0.25) is 0 Å². The molecule has 0 unspecified atom stereocenters. The predicted molar refractivity (Wildman–Crippen MR) is 55.7 cm³/mol. The van der Waals surface area contributed by atoms with Gasteiger partial charge in [0.25, 0.3) is 0 Å². The summed E-state index contributed by atoms with van der Waals surface area (Å²) in [5.41, 5.74) is 4.95. The van der Waals surface area contributed by atoms with E-state index >= 15 is 0 Å². The third-order valence-corrected chi connectivity index (χ3v) is 2.16. The molecule has 13 heavy (non-hydrogen) atoms. The summed E-state index contributed by atoms with van der Waals surface area (Å²) in [6, 6.07) is 12.7. The maximum Gasteiger partial charge on any atom is 0.0456 e. The zero-order valence-corrected chi connectivity index (χ0v) is 7.96. The Labute approximate surface area is 78.4 Å². The van der Waals surface area contributed by atoms with Crippen LogP contribution in [0.4, 0.5) is 0 Å². The Morgan fingerprint density at radius 3 is 2.46 bits per heavy atom. The van der Waals surface area contributed by atoms with Gasteiger partial charge in [-0.2, -0.15) is 0 Å². The van der Waals surface area contributed by atoms with E-state index < -0.39 is 0 Å². The minimum atomic E-state index is 1.20. The first kappa shape index (κ1) is 8.11. The van der Waals surface area contributed by atoms with E-state index in [-0.39, 0.29) is 0 Å². The molecule has 0 aliphatic carbocycles. The topological polar surface area (TPSA) is 15.8 Å². The number of benzene rings is 1. The third-order valence-electron chi connectivity index (χ3n) is 2.16. The normalized spacial score (nSPS) is 10.3. The van der Waals surface area contributed by atoms with Crippen LogP contribution in [0.25, 0.3) is 11.3 Å². The van der Waals surface area contributed by atoms with E-state index in [1.54, 1.807) is 0 Å². The summed E-state index contributed by atoms with van der Waals surface area (Å²) >= 11 is 0. The van der Waals surface area contributed by atoms with Gasteiger partial charge < -0.3 is 4.98 Å². The molecule has 0 atom stereocenters. The molecule has 0 saturated heterocycles. The van der Waals surface area contributed by atoms with Crippen LogP contribution in [0.15, 0.2) is 36.4 Å². The molecule has 0 saturated carbocycles. The number of hydrogen-bond donors (Lipinski definition) is 1. The lowest BCUT2D eigenvalue weighted by Gasteiger charge is -1.98. The van der Waals surface area contributed by atoms with Gasteiger partial charge in [-0.1, -0.05) is 23.8 Å². The lowest BCUT2D eigenvalue weighted by atomic mass is 10.1. The SMILES string of the molecule is Cc1cccc(-c2ccc(C)[nH]2)c1. The van der Waals surface area contributed by atoms with Gasteiger partial charge in [-0.15, -0.1) is 0 Å². The van der Waals surface area contributed by atoms with Crippen molar-refractivity contribution >= 4 is 0 Å². The van der Waals surface area contributed by atoms with E-state index in [1.807, 2.05) is 0 Å². The molecular weight excluding hydrogens is 158 g/mol. The van der Waals surface area contributed by atoms with Gasteiger partial charge in [-0.3, -0.25) is 0 Å². The summed E-state index contributed by atoms with van der Waals surface area (Å²) in [7, 11) is 0. The Kier molecular flexibility index (Phi) is 1.93. The van der Waals surface area contributed by atoms with Crippen LogP contribution >= 0.6 is 0 Å². The van der Waals surface area contributed by atoms with Crippen LogP contribution < -0.4 is 0 Å². The molecule has 1 aromatic heterocycles. The highest BCUT2D eigenvalue weighted by Crippen LogP contribution is 2.18. The van der Waals surface area contributed by atoms with Gasteiger partial charge in [-0.05, 0) is 37.6 Å². The first-order chi connectivity index (χ1) is 6.25. The molecule has 0 aliphatic rings. The van der Waals surface area contributed by atoms with E-state index in [0.717, 1.165) is 0 Å². The van der Waals surface area contributed by atoms with Crippen LogP contribution in [0, 0.1) is 13.8 Å². The molecule has 66 valence electrons. The fraction of sp³-hybridized carbons (Fsp3) is 0.167. The Hall–Kier alpha value is -1.50. The Morgan fingerprint density at radius 2 is 1.85 bits per heavy atom. The smallest absolute Gasteiger partial charge is 0.0456 e. The Bertz CT molecular complexity index is 413. The summed E-state index contributed by atoms with van der Waals surface area (Å²) in [6.45, 7) is 4.18. The molecule has 0 radical (unpaired) electrons. The number of aryl methyl sites for hydroxylation is 2. The molecular formula is C12H13N. The van der Waals surface area contributed by atoms with E-state index in [1.165, 1.54) is 22.5 Å². The van der Waals surface area contributed by atoms with E-state index in [9.17, 15) is 0 Å². The molecule has 0 amide bonds. The van der Waals surface area contributed by atoms with Gasteiger partial charge in [-0.25, -0.2) is 0 Å². The van der Waals surface area contributed by atoms with Crippen LogP contribution in [0.2, 0.25) is 0 Å². The monoisotopic (exact) mass is 171 g/mol. The molecule has 1 nitrogen and oxygen atoms in total. The zero-order valence-electron chi connectivity index (χ0n) is 7.96. The zero-order chi connectivity index (χ0) is 9.26. The maximum absolute atomic E-state index is 3.32. The maximum atomic E-state index is 3.32. The number of aromatic nitrogens is 1. The molecule has 1 N–H and O–H groups in total. The number of H-pyrrole nitrogens is 1. The lowest BCUT2D eigenvalue weighted by molar-refractivity contribution is 1.26. The van der Waals surface area contributed by atoms with Crippen LogP contribution in [0.3, 0.4) is 0 Å². The predicted octanol–water partition coefficient (Wildman–Crippen LogP) is 3.30. The quantitative estimate of drug-likeness (QED) is 0.677. The van der Waals surface area contributed by atoms with Crippen molar-refractivity contribution in [3.05, 3.63) is 47.7 Å². The minimum Gasteiger partial charge on any atom is -0.359 e. The van der Waals surface area contributed by atoms with Gasteiger partial charge >= 0.3 is 0 Å². The second-order valence-corrected chi connectivity index (χ2v) is 3.42. The average molecular weight is 171 g/mol. The van der Waals surface area contributed by atoms with Gasteiger partial charge in [0.15, 0.2) is 0 Å². The molecule has 1 heteroatoms. The van der Waals surface area contributed by atoms with Crippen molar-refractivity contribution in [2.24, 2.45) is 0 Å². The molecule has 2 aromatic rings. The molecule has 0 spiro atoms. The van der Waals surface area contributed by atoms with Crippen molar-refractivity contribution in [1.29, 1.82) is 0 Å². The van der Waals surface area contributed by atoms with Gasteiger partial charge in [0, 0.05) is 11.4 Å². The summed E-state index contributed by atoms with van der Waals surface area (Å²) in [4.78, 5) is 3.32. The fourth-order valence-electron chi connectivity index (χ4n) is 1.49. The van der Waals surface area contributed by atoms with Crippen LogP contribution in [-0.4, -0.2) is 4.98 Å². The average Bonchev–Trinajstić information content (AvgIpc) is 2.52. The molecule has 1 aromatic carbocycles. The molecule has 0 aliphatic heterocycles. The first-order valence-electron chi connectivity index (χ1n) is 4.48. The van der Waals surface area contributed by atoms with Crippen molar-refractivity contribution in [3.8, 4) is 11.3 Å². The van der Waals surface area contributed by atoms with E-state index in [0.29, 0.717) is 0 Å². The van der Waals surface area contributed by atoms with Crippen molar-refractivity contribution in [2.75, 3.05) is 0 Å². The van der Waals surface area contributed by atoms with Crippen LogP contribution in [-0.2, 0) is 0 Å². The van der Waals surface area contributed by atoms with E-state index in [2.05, 4.69) is 55.2 Å². The van der Waals surface area contributed by atoms with Gasteiger partial charge in [0.1, 0.15) is 0 Å².